The number of rotatable bonds is 8. The van der Waals surface area contributed by atoms with Crippen LogP contribution in [0.15, 0.2) is 25.4 Å². The van der Waals surface area contributed by atoms with E-state index in [0.29, 0.717) is 0 Å². The number of thioether (sulfide) groups is 8. The van der Waals surface area contributed by atoms with Crippen molar-refractivity contribution in [3.63, 3.8) is 0 Å². The molecule has 8 heteroatoms. The second kappa shape index (κ2) is 12.1. The van der Waals surface area contributed by atoms with Crippen molar-refractivity contribution >= 4 is 94.1 Å². The monoisotopic (exact) mass is 552 g/mol. The molecule has 0 fully saturated rings. The summed E-state index contributed by atoms with van der Waals surface area (Å²) in [5.74, 6) is 0. The van der Waals surface area contributed by atoms with E-state index in [1.165, 1.54) is 51.4 Å². The van der Waals surface area contributed by atoms with Gasteiger partial charge in [0.1, 0.15) is 0 Å². The summed E-state index contributed by atoms with van der Waals surface area (Å²) < 4.78 is 9.57. The first-order valence-electron chi connectivity index (χ1n) is 11.3. The molecule has 4 rings (SSSR count). The van der Waals surface area contributed by atoms with Crippen molar-refractivity contribution in [2.45, 2.75) is 100 Å². The van der Waals surface area contributed by atoms with Crippen LogP contribution in [0, 0.1) is 0 Å². The Balaban J connectivity index is 1.44. The Hall–Kier alpha value is 2.02. The molecule has 0 saturated carbocycles. The first-order chi connectivity index (χ1) is 14.7. The fourth-order valence-corrected chi connectivity index (χ4v) is 18.4. The zero-order chi connectivity index (χ0) is 21.1. The highest BCUT2D eigenvalue weighted by Crippen LogP contribution is 2.70. The van der Waals surface area contributed by atoms with Crippen LogP contribution in [-0.2, 0) is 0 Å². The van der Waals surface area contributed by atoms with Gasteiger partial charge in [0.15, 0.2) is 0 Å². The largest absolute Gasteiger partial charge is 0.113 e. The van der Waals surface area contributed by atoms with Crippen molar-refractivity contribution in [2.75, 3.05) is 0 Å². The molecule has 0 aromatic carbocycles. The van der Waals surface area contributed by atoms with Crippen molar-refractivity contribution < 1.29 is 0 Å². The minimum Gasteiger partial charge on any atom is -0.113 e. The zero-order valence-electron chi connectivity index (χ0n) is 18.2. The molecule has 0 aromatic rings. The van der Waals surface area contributed by atoms with Crippen molar-refractivity contribution in [2.24, 2.45) is 0 Å². The van der Waals surface area contributed by atoms with Gasteiger partial charge >= 0.3 is 0 Å². The summed E-state index contributed by atoms with van der Waals surface area (Å²) in [5.41, 5.74) is 0. The van der Waals surface area contributed by atoms with Crippen LogP contribution in [0.4, 0.5) is 0 Å². The third-order valence-electron chi connectivity index (χ3n) is 5.40. The second-order valence-corrected chi connectivity index (χ2v) is 18.5. The smallest absolute Gasteiger partial charge is 0.0717 e. The Morgan fingerprint density at radius 2 is 0.633 bits per heavy atom. The molecule has 0 saturated heterocycles. The van der Waals surface area contributed by atoms with Crippen LogP contribution in [0.3, 0.4) is 0 Å². The van der Waals surface area contributed by atoms with E-state index in [0.717, 1.165) is 21.0 Å². The predicted octanol–water partition coefficient (Wildman–Crippen LogP) is 11.0. The van der Waals surface area contributed by atoms with E-state index < -0.39 is 0 Å². The molecule has 0 spiro atoms. The Kier molecular flexibility index (Phi) is 10.2. The first-order valence-corrected chi connectivity index (χ1v) is 18.1. The van der Waals surface area contributed by atoms with E-state index in [1.54, 1.807) is 25.4 Å². The molecular formula is C22H32S8. The maximum atomic E-state index is 2.34. The topological polar surface area (TPSA) is 0 Å². The predicted molar refractivity (Wildman–Crippen MR) is 157 cm³/mol. The Morgan fingerprint density at radius 1 is 0.400 bits per heavy atom. The van der Waals surface area contributed by atoms with E-state index in [4.69, 9.17) is 0 Å². The van der Waals surface area contributed by atoms with E-state index in [9.17, 15) is 0 Å². The fraction of sp³-hybridized carbons (Fsp3) is 0.727. The number of hydrogen-bond donors (Lipinski definition) is 0. The second-order valence-electron chi connectivity index (χ2n) is 7.91. The van der Waals surface area contributed by atoms with Gasteiger partial charge in [-0.3, -0.25) is 0 Å². The van der Waals surface area contributed by atoms with Crippen LogP contribution in [-0.4, -0.2) is 21.0 Å². The molecule has 0 bridgehead atoms. The molecule has 0 unspecified atom stereocenters. The van der Waals surface area contributed by atoms with E-state index >= 15 is 0 Å². The summed E-state index contributed by atoms with van der Waals surface area (Å²) in [4.78, 5) is 0. The Labute approximate surface area is 217 Å². The van der Waals surface area contributed by atoms with Gasteiger partial charge in [-0.05, 0) is 25.7 Å². The maximum absolute atomic E-state index is 2.34. The minimum atomic E-state index is 0.807. The van der Waals surface area contributed by atoms with Gasteiger partial charge in [-0.1, -0.05) is 100 Å². The molecule has 0 radical (unpaired) electrons. The molecule has 0 amide bonds. The lowest BCUT2D eigenvalue weighted by molar-refractivity contribution is 0.655. The van der Waals surface area contributed by atoms with Gasteiger partial charge in [-0.15, -0.1) is 47.0 Å². The molecule has 4 heterocycles. The first kappa shape index (κ1) is 25.1. The van der Waals surface area contributed by atoms with Gasteiger partial charge in [0.05, 0.1) is 25.4 Å². The average Bonchev–Trinajstić information content (AvgIpc) is 3.32. The summed E-state index contributed by atoms with van der Waals surface area (Å²) in [6.45, 7) is 9.38. The van der Waals surface area contributed by atoms with E-state index in [-0.39, 0.29) is 0 Å². The highest BCUT2D eigenvalue weighted by atomic mass is 32.3. The quantitative estimate of drug-likeness (QED) is 0.288. The summed E-state index contributed by atoms with van der Waals surface area (Å²) in [5, 5.41) is 3.23. The molecule has 0 nitrogen and oxygen atoms in total. The molecule has 168 valence electrons. The van der Waals surface area contributed by atoms with Crippen molar-refractivity contribution in [1.82, 2.24) is 0 Å². The van der Waals surface area contributed by atoms with Crippen LogP contribution in [0.5, 0.6) is 0 Å². The third-order valence-corrected chi connectivity index (χ3v) is 18.7. The van der Waals surface area contributed by atoms with Crippen molar-refractivity contribution in [3.05, 3.63) is 25.4 Å². The van der Waals surface area contributed by atoms with Crippen molar-refractivity contribution in [3.8, 4) is 0 Å². The van der Waals surface area contributed by atoms with E-state index in [1.807, 2.05) is 0 Å². The van der Waals surface area contributed by atoms with E-state index in [2.05, 4.69) is 122 Å². The minimum absolute atomic E-state index is 0.807. The van der Waals surface area contributed by atoms with Crippen LogP contribution in [0.25, 0.3) is 0 Å². The lowest BCUT2D eigenvalue weighted by Crippen LogP contribution is -2.22. The van der Waals surface area contributed by atoms with Gasteiger partial charge in [0.2, 0.25) is 0 Å². The lowest BCUT2D eigenvalue weighted by Gasteiger charge is -2.30. The summed E-state index contributed by atoms with van der Waals surface area (Å²) >= 11 is 17.2. The van der Waals surface area contributed by atoms with Gasteiger partial charge in [-0.2, -0.15) is 0 Å². The third kappa shape index (κ3) is 5.80. The SMILES string of the molecule is CCC[C@@H]1SC2=C(SC(=C3SC4=C(S3)S[C@@H](CCC)[C@H](CCC)S4)S2)S[C@H]1CCC. The summed E-state index contributed by atoms with van der Waals surface area (Å²) in [6.07, 6.45) is 10.7. The summed E-state index contributed by atoms with van der Waals surface area (Å²) in [7, 11) is 0. The molecule has 4 aliphatic heterocycles. The molecule has 0 aliphatic carbocycles. The highest BCUT2D eigenvalue weighted by molar-refractivity contribution is 8.45. The molecule has 4 atom stereocenters. The summed E-state index contributed by atoms with van der Waals surface area (Å²) in [6, 6.07) is 0. The van der Waals surface area contributed by atoms with Gasteiger partial charge in [0, 0.05) is 21.0 Å². The maximum Gasteiger partial charge on any atom is 0.0717 e. The highest BCUT2D eigenvalue weighted by Gasteiger charge is 2.40. The normalized spacial score (nSPS) is 31.6. The fourth-order valence-electron chi connectivity index (χ4n) is 3.97. The van der Waals surface area contributed by atoms with Crippen LogP contribution in [0.1, 0.15) is 79.1 Å². The Morgan fingerprint density at radius 3 is 0.833 bits per heavy atom. The van der Waals surface area contributed by atoms with Gasteiger partial charge in [-0.25, -0.2) is 0 Å². The van der Waals surface area contributed by atoms with Crippen molar-refractivity contribution in [1.29, 1.82) is 0 Å². The molecule has 0 aromatic heterocycles. The molecule has 4 aliphatic rings. The average molecular weight is 553 g/mol. The standard InChI is InChI=1S/C22H32S8/c1-5-9-13-14(10-6-2)24-18-17(23-13)27-21(28-18)22-29-19-20(30-22)26-16(12-8-4)15(25-19)11-7-3/h13-16H,5-12H2,1-4H3/t13-,14-,15-,16-/m0/s1. The molecule has 0 N–H and O–H groups in total. The number of hydrogen-bond acceptors (Lipinski definition) is 8. The van der Waals surface area contributed by atoms with Gasteiger partial charge in [0.25, 0.3) is 0 Å². The molecule has 30 heavy (non-hydrogen) atoms. The van der Waals surface area contributed by atoms with Crippen LogP contribution in [0.2, 0.25) is 0 Å². The molecular weight excluding hydrogens is 521 g/mol. The van der Waals surface area contributed by atoms with Gasteiger partial charge < -0.3 is 0 Å². The lowest BCUT2D eigenvalue weighted by atomic mass is 10.1. The van der Waals surface area contributed by atoms with Crippen LogP contribution >= 0.6 is 94.1 Å². The zero-order valence-corrected chi connectivity index (χ0v) is 24.8. The van der Waals surface area contributed by atoms with Crippen LogP contribution < -0.4 is 0 Å². The Bertz CT molecular complexity index is 609.